The molecule has 0 saturated carbocycles. The Hall–Kier alpha value is -2.10. The summed E-state index contributed by atoms with van der Waals surface area (Å²) in [5, 5.41) is 2.05. The number of ether oxygens (including phenoxy) is 2. The smallest absolute Gasteiger partial charge is 0.183 e. The van der Waals surface area contributed by atoms with Crippen LogP contribution in [0.15, 0.2) is 53.4 Å². The fraction of sp³-hybridized carbons (Fsp3) is 0.429. The Morgan fingerprint density at radius 1 is 1.00 bits per heavy atom. The van der Waals surface area contributed by atoms with Crippen LogP contribution in [0.1, 0.15) is 12.5 Å². The first-order valence-electron chi connectivity index (χ1n) is 9.78. The maximum absolute atomic E-state index is 13.1. The summed E-state index contributed by atoms with van der Waals surface area (Å²) in [5.74, 6) is 0.794. The van der Waals surface area contributed by atoms with Crippen LogP contribution in [0, 0.1) is 0 Å². The highest BCUT2D eigenvalue weighted by Gasteiger charge is 2.45. The highest BCUT2D eigenvalue weighted by molar-refractivity contribution is 7.96. The van der Waals surface area contributed by atoms with Crippen LogP contribution in [-0.4, -0.2) is 59.9 Å². The second-order valence-electron chi connectivity index (χ2n) is 7.24. The lowest BCUT2D eigenvalue weighted by molar-refractivity contribution is 0.307. The lowest BCUT2D eigenvalue weighted by atomic mass is 10.2. The molecule has 9 heteroatoms. The van der Waals surface area contributed by atoms with E-state index >= 15 is 0 Å². The van der Waals surface area contributed by atoms with Crippen molar-refractivity contribution in [3.05, 3.63) is 54.1 Å². The van der Waals surface area contributed by atoms with Crippen molar-refractivity contribution in [3.8, 4) is 11.5 Å². The quantitative estimate of drug-likeness (QED) is 0.579. The summed E-state index contributed by atoms with van der Waals surface area (Å²) in [5.41, 5.74) is 1.03. The Morgan fingerprint density at radius 2 is 1.63 bits per heavy atom. The standard InChI is InChI=1S/C21H27NO6S2/c1-3-16-4-10-19(11-5-16)30(25,26)21-15-29(23,24)14-20(21)22-12-13-28-18-8-6-17(27-2)7-9-18/h4-11,20-22H,3,12-15H2,1-2H3/t20-,21+/m0/s1. The molecule has 0 bridgehead atoms. The first kappa shape index (κ1) is 22.6. The van der Waals surface area contributed by atoms with Gasteiger partial charge in [-0.3, -0.25) is 0 Å². The highest BCUT2D eigenvalue weighted by atomic mass is 32.2. The zero-order chi connectivity index (χ0) is 21.8. The minimum atomic E-state index is -3.78. The lowest BCUT2D eigenvalue weighted by Crippen LogP contribution is -2.44. The van der Waals surface area contributed by atoms with Crippen LogP contribution in [0.25, 0.3) is 0 Å². The third-order valence-electron chi connectivity index (χ3n) is 5.20. The van der Waals surface area contributed by atoms with E-state index in [-0.39, 0.29) is 23.0 Å². The van der Waals surface area contributed by atoms with Crippen molar-refractivity contribution in [2.75, 3.05) is 31.8 Å². The molecule has 2 atom stereocenters. The summed E-state index contributed by atoms with van der Waals surface area (Å²) in [4.78, 5) is 0.156. The predicted molar refractivity (Wildman–Crippen MR) is 116 cm³/mol. The van der Waals surface area contributed by atoms with Gasteiger partial charge in [-0.15, -0.1) is 0 Å². The number of nitrogens with one attached hydrogen (secondary N) is 1. The zero-order valence-corrected chi connectivity index (χ0v) is 18.7. The van der Waals surface area contributed by atoms with Gasteiger partial charge in [0.1, 0.15) is 18.1 Å². The molecule has 0 spiro atoms. The summed E-state index contributed by atoms with van der Waals surface area (Å²) in [6.07, 6.45) is 0.802. The molecule has 164 valence electrons. The number of hydrogen-bond acceptors (Lipinski definition) is 7. The molecule has 0 radical (unpaired) electrons. The molecule has 0 aliphatic carbocycles. The molecular formula is C21H27NO6S2. The molecule has 0 unspecified atom stereocenters. The number of rotatable bonds is 9. The number of benzene rings is 2. The molecule has 30 heavy (non-hydrogen) atoms. The highest BCUT2D eigenvalue weighted by Crippen LogP contribution is 2.26. The summed E-state index contributed by atoms with van der Waals surface area (Å²) in [6.45, 7) is 2.59. The van der Waals surface area contributed by atoms with E-state index in [1.165, 1.54) is 0 Å². The van der Waals surface area contributed by atoms with Crippen molar-refractivity contribution in [1.29, 1.82) is 0 Å². The van der Waals surface area contributed by atoms with Gasteiger partial charge in [0.05, 0.1) is 28.8 Å². The summed E-state index contributed by atoms with van der Waals surface area (Å²) >= 11 is 0. The average Bonchev–Trinajstić information content (AvgIpc) is 3.07. The van der Waals surface area contributed by atoms with Crippen LogP contribution < -0.4 is 14.8 Å². The number of hydrogen-bond donors (Lipinski definition) is 1. The van der Waals surface area contributed by atoms with Gasteiger partial charge in [0.2, 0.25) is 0 Å². The molecular weight excluding hydrogens is 426 g/mol. The van der Waals surface area contributed by atoms with Gasteiger partial charge in [-0.05, 0) is 48.4 Å². The second kappa shape index (κ2) is 9.36. The van der Waals surface area contributed by atoms with Crippen LogP contribution in [0.2, 0.25) is 0 Å². The molecule has 1 fully saturated rings. The van der Waals surface area contributed by atoms with Gasteiger partial charge in [0.25, 0.3) is 0 Å². The van der Waals surface area contributed by atoms with Crippen LogP contribution in [0.5, 0.6) is 11.5 Å². The molecule has 2 aromatic rings. The molecule has 1 N–H and O–H groups in total. The zero-order valence-electron chi connectivity index (χ0n) is 17.1. The van der Waals surface area contributed by atoms with Gasteiger partial charge in [0, 0.05) is 12.6 Å². The topological polar surface area (TPSA) is 98.8 Å². The SMILES string of the molecule is CCc1ccc(S(=O)(=O)[C@@H]2CS(=O)(=O)C[C@@H]2NCCOc2ccc(OC)cc2)cc1. The normalized spacial score (nSPS) is 20.7. The van der Waals surface area contributed by atoms with Crippen molar-refractivity contribution >= 4 is 19.7 Å². The molecule has 1 aliphatic heterocycles. The Morgan fingerprint density at radius 3 is 2.23 bits per heavy atom. The van der Waals surface area contributed by atoms with Gasteiger partial charge < -0.3 is 14.8 Å². The largest absolute Gasteiger partial charge is 0.497 e. The molecule has 1 saturated heterocycles. The predicted octanol–water partition coefficient (Wildman–Crippen LogP) is 1.87. The minimum Gasteiger partial charge on any atom is -0.497 e. The van der Waals surface area contributed by atoms with Crippen molar-refractivity contribution < 1.29 is 26.3 Å². The third-order valence-corrected chi connectivity index (χ3v) is 9.36. The van der Waals surface area contributed by atoms with E-state index in [9.17, 15) is 16.8 Å². The summed E-state index contributed by atoms with van der Waals surface area (Å²) < 4.78 is 61.3. The van der Waals surface area contributed by atoms with E-state index in [2.05, 4.69) is 5.32 Å². The van der Waals surface area contributed by atoms with E-state index in [4.69, 9.17) is 9.47 Å². The van der Waals surface area contributed by atoms with Crippen LogP contribution in [0.4, 0.5) is 0 Å². The number of sulfone groups is 2. The lowest BCUT2D eigenvalue weighted by Gasteiger charge is -2.20. The van der Waals surface area contributed by atoms with Gasteiger partial charge in [-0.1, -0.05) is 19.1 Å². The maximum atomic E-state index is 13.1. The summed E-state index contributed by atoms with van der Waals surface area (Å²) in [6, 6.07) is 13.1. The van der Waals surface area contributed by atoms with E-state index in [1.54, 1.807) is 55.6 Å². The van der Waals surface area contributed by atoms with Crippen molar-refractivity contribution in [1.82, 2.24) is 5.32 Å². The van der Waals surface area contributed by atoms with E-state index < -0.39 is 31.0 Å². The van der Waals surface area contributed by atoms with E-state index in [1.807, 2.05) is 6.92 Å². The molecule has 2 aromatic carbocycles. The molecule has 1 heterocycles. The van der Waals surface area contributed by atoms with E-state index in [0.29, 0.717) is 12.3 Å². The van der Waals surface area contributed by atoms with Gasteiger partial charge in [-0.2, -0.15) is 0 Å². The molecule has 0 aromatic heterocycles. The Kier molecular flexibility index (Phi) is 7.05. The number of methoxy groups -OCH3 is 1. The Bertz CT molecular complexity index is 1050. The second-order valence-corrected chi connectivity index (χ2v) is 11.6. The fourth-order valence-corrected chi connectivity index (χ4v) is 8.20. The molecule has 0 amide bonds. The van der Waals surface area contributed by atoms with E-state index in [0.717, 1.165) is 17.7 Å². The Labute approximate surface area is 178 Å². The first-order valence-corrected chi connectivity index (χ1v) is 13.2. The van der Waals surface area contributed by atoms with Crippen LogP contribution >= 0.6 is 0 Å². The fourth-order valence-electron chi connectivity index (χ4n) is 3.49. The van der Waals surface area contributed by atoms with Crippen LogP contribution in [-0.2, 0) is 26.1 Å². The van der Waals surface area contributed by atoms with Gasteiger partial charge >= 0.3 is 0 Å². The van der Waals surface area contributed by atoms with Crippen LogP contribution in [0.3, 0.4) is 0 Å². The number of aryl methyl sites for hydroxylation is 1. The molecule has 1 aliphatic rings. The summed E-state index contributed by atoms with van der Waals surface area (Å²) in [7, 11) is -5.64. The Balaban J connectivity index is 1.64. The van der Waals surface area contributed by atoms with Crippen molar-refractivity contribution in [2.45, 2.75) is 29.5 Å². The molecule has 7 nitrogen and oxygen atoms in total. The monoisotopic (exact) mass is 453 g/mol. The molecule has 3 rings (SSSR count). The van der Waals surface area contributed by atoms with Gasteiger partial charge in [0.15, 0.2) is 19.7 Å². The maximum Gasteiger partial charge on any atom is 0.183 e. The first-order chi connectivity index (χ1) is 14.2. The van der Waals surface area contributed by atoms with Gasteiger partial charge in [-0.25, -0.2) is 16.8 Å². The third kappa shape index (κ3) is 5.33. The minimum absolute atomic E-state index is 0.156. The van der Waals surface area contributed by atoms with Crippen molar-refractivity contribution in [3.63, 3.8) is 0 Å². The van der Waals surface area contributed by atoms with Crippen molar-refractivity contribution in [2.24, 2.45) is 0 Å². The average molecular weight is 454 g/mol.